The highest BCUT2D eigenvalue weighted by atomic mass is 35.5. The van der Waals surface area contributed by atoms with Crippen molar-refractivity contribution in [2.45, 2.75) is 24.8 Å². The van der Waals surface area contributed by atoms with Gasteiger partial charge in [-0.15, -0.1) is 0 Å². The summed E-state index contributed by atoms with van der Waals surface area (Å²) < 4.78 is 12.9. The van der Waals surface area contributed by atoms with Crippen LogP contribution < -0.4 is 10.1 Å². The van der Waals surface area contributed by atoms with Gasteiger partial charge in [-0.05, 0) is 54.1 Å². The van der Waals surface area contributed by atoms with Gasteiger partial charge in [0.25, 0.3) is 0 Å². The Labute approximate surface area is 175 Å². The summed E-state index contributed by atoms with van der Waals surface area (Å²) in [6.45, 7) is 2.40. The number of benzene rings is 2. The second kappa shape index (κ2) is 8.47. The number of methoxy groups -OCH3 is 1. The quantitative estimate of drug-likeness (QED) is 0.661. The molecular formula is C23H25ClN2O3. The summed E-state index contributed by atoms with van der Waals surface area (Å²) in [5.74, 6) is 0.843. The van der Waals surface area contributed by atoms with Crippen molar-refractivity contribution in [3.05, 3.63) is 65.3 Å². The molecule has 1 N–H and O–H groups in total. The van der Waals surface area contributed by atoms with Crippen LogP contribution in [0.25, 0.3) is 10.9 Å². The summed E-state index contributed by atoms with van der Waals surface area (Å²) >= 11 is 6.14. The third kappa shape index (κ3) is 3.98. The van der Waals surface area contributed by atoms with E-state index in [4.69, 9.17) is 21.1 Å². The highest BCUT2D eigenvalue weighted by Gasteiger charge is 2.41. The lowest BCUT2D eigenvalue weighted by atomic mass is 9.73. The zero-order valence-electron chi connectivity index (χ0n) is 16.5. The number of aromatic nitrogens is 1. The van der Waals surface area contributed by atoms with Gasteiger partial charge in [0, 0.05) is 43.0 Å². The molecule has 1 aliphatic heterocycles. The first kappa shape index (κ1) is 19.8. The number of nitrogens with one attached hydrogen (secondary N) is 1. The molecule has 0 aliphatic carbocycles. The highest BCUT2D eigenvalue weighted by molar-refractivity contribution is 6.31. The minimum atomic E-state index is -0.563. The normalized spacial score (nSPS) is 15.9. The van der Waals surface area contributed by atoms with Crippen LogP contribution in [0.1, 0.15) is 18.4 Å². The van der Waals surface area contributed by atoms with E-state index in [-0.39, 0.29) is 5.91 Å². The van der Waals surface area contributed by atoms with Crippen LogP contribution in [0.5, 0.6) is 5.75 Å². The van der Waals surface area contributed by atoms with Crippen LogP contribution in [0, 0.1) is 0 Å². The molecule has 4 rings (SSSR count). The molecule has 0 bridgehead atoms. The van der Waals surface area contributed by atoms with E-state index in [9.17, 15) is 4.79 Å². The Kier molecular flexibility index (Phi) is 5.79. The molecule has 0 radical (unpaired) electrons. The third-order valence-electron chi connectivity index (χ3n) is 5.80. The largest absolute Gasteiger partial charge is 0.497 e. The van der Waals surface area contributed by atoms with E-state index < -0.39 is 5.41 Å². The van der Waals surface area contributed by atoms with Crippen LogP contribution in [0.2, 0.25) is 5.02 Å². The zero-order valence-corrected chi connectivity index (χ0v) is 17.2. The van der Waals surface area contributed by atoms with E-state index in [1.54, 1.807) is 7.11 Å². The molecule has 2 aromatic carbocycles. The molecule has 1 saturated heterocycles. The molecule has 5 nitrogen and oxygen atoms in total. The fraction of sp³-hybridized carbons (Fsp3) is 0.348. The molecule has 29 heavy (non-hydrogen) atoms. The summed E-state index contributed by atoms with van der Waals surface area (Å²) in [4.78, 5) is 13.3. The van der Waals surface area contributed by atoms with Gasteiger partial charge in [0.15, 0.2) is 0 Å². The summed E-state index contributed by atoms with van der Waals surface area (Å²) in [6, 6.07) is 15.7. The van der Waals surface area contributed by atoms with Gasteiger partial charge in [0.2, 0.25) is 5.91 Å². The van der Waals surface area contributed by atoms with E-state index >= 15 is 0 Å². The first-order chi connectivity index (χ1) is 14.1. The Morgan fingerprint density at radius 1 is 1.17 bits per heavy atom. The molecule has 6 heteroatoms. The molecule has 2 heterocycles. The van der Waals surface area contributed by atoms with Crippen LogP contribution in [0.3, 0.4) is 0 Å². The Balaban J connectivity index is 1.48. The first-order valence-electron chi connectivity index (χ1n) is 9.87. The number of fused-ring (bicyclic) bond motifs is 1. The average molecular weight is 413 g/mol. The maximum absolute atomic E-state index is 13.3. The lowest BCUT2D eigenvalue weighted by Gasteiger charge is -2.36. The van der Waals surface area contributed by atoms with Gasteiger partial charge in [-0.2, -0.15) is 0 Å². The van der Waals surface area contributed by atoms with Crippen LogP contribution in [0.4, 0.5) is 0 Å². The van der Waals surface area contributed by atoms with E-state index in [0.717, 1.165) is 22.2 Å². The van der Waals surface area contributed by atoms with Crippen molar-refractivity contribution in [1.29, 1.82) is 0 Å². The fourth-order valence-electron chi connectivity index (χ4n) is 4.09. The van der Waals surface area contributed by atoms with E-state index in [2.05, 4.69) is 16.0 Å². The molecule has 0 spiro atoms. The Morgan fingerprint density at radius 3 is 2.66 bits per heavy atom. The fourth-order valence-corrected chi connectivity index (χ4v) is 4.25. The lowest BCUT2D eigenvalue weighted by molar-refractivity contribution is -0.130. The molecule has 0 saturated carbocycles. The van der Waals surface area contributed by atoms with Crippen LogP contribution in [-0.4, -0.2) is 37.3 Å². The number of rotatable bonds is 6. The Bertz CT molecular complexity index is 991. The van der Waals surface area contributed by atoms with E-state index in [1.807, 2.05) is 48.7 Å². The van der Waals surface area contributed by atoms with Gasteiger partial charge in [-0.3, -0.25) is 4.79 Å². The number of hydrogen-bond donors (Lipinski definition) is 1. The molecule has 0 unspecified atom stereocenters. The predicted octanol–water partition coefficient (Wildman–Crippen LogP) is 4.17. The van der Waals surface area contributed by atoms with Gasteiger partial charge >= 0.3 is 0 Å². The minimum absolute atomic E-state index is 0.0560. The maximum atomic E-state index is 13.3. The van der Waals surface area contributed by atoms with Crippen molar-refractivity contribution in [3.63, 3.8) is 0 Å². The van der Waals surface area contributed by atoms with Crippen LogP contribution in [-0.2, 0) is 21.5 Å². The molecule has 1 aliphatic rings. The summed E-state index contributed by atoms with van der Waals surface area (Å²) in [5.41, 5.74) is 1.52. The molecular weight excluding hydrogens is 388 g/mol. The SMILES string of the molecule is COc1ccc(C2(C(=O)NCCn3ccc4ccc(Cl)cc43)CCOCC2)cc1. The number of hydrogen-bond acceptors (Lipinski definition) is 3. The third-order valence-corrected chi connectivity index (χ3v) is 6.03. The van der Waals surface area contributed by atoms with Gasteiger partial charge in [0.1, 0.15) is 5.75 Å². The smallest absolute Gasteiger partial charge is 0.230 e. The highest BCUT2D eigenvalue weighted by Crippen LogP contribution is 2.36. The summed E-state index contributed by atoms with van der Waals surface area (Å²) in [5, 5.41) is 5.01. The van der Waals surface area contributed by atoms with Crippen LogP contribution in [0.15, 0.2) is 54.7 Å². The second-order valence-corrected chi connectivity index (χ2v) is 7.83. The number of ether oxygens (including phenoxy) is 2. The van der Waals surface area contributed by atoms with Crippen molar-refractivity contribution in [1.82, 2.24) is 9.88 Å². The van der Waals surface area contributed by atoms with Gasteiger partial charge in [-0.1, -0.05) is 29.8 Å². The predicted molar refractivity (Wildman–Crippen MR) is 115 cm³/mol. The number of carbonyl (C=O) groups is 1. The van der Waals surface area contributed by atoms with Crippen molar-refractivity contribution in [2.75, 3.05) is 26.9 Å². The number of carbonyl (C=O) groups excluding carboxylic acids is 1. The van der Waals surface area contributed by atoms with Crippen molar-refractivity contribution in [2.24, 2.45) is 0 Å². The van der Waals surface area contributed by atoms with Gasteiger partial charge in [0.05, 0.1) is 12.5 Å². The van der Waals surface area contributed by atoms with E-state index in [1.165, 1.54) is 0 Å². The maximum Gasteiger partial charge on any atom is 0.230 e. The molecule has 0 atom stereocenters. The van der Waals surface area contributed by atoms with Gasteiger partial charge in [-0.25, -0.2) is 0 Å². The topological polar surface area (TPSA) is 52.5 Å². The van der Waals surface area contributed by atoms with Crippen molar-refractivity contribution >= 4 is 28.4 Å². The average Bonchev–Trinajstić information content (AvgIpc) is 3.16. The molecule has 1 fully saturated rings. The number of halogens is 1. The molecule has 3 aromatic rings. The number of nitrogens with zero attached hydrogens (tertiary/aromatic N) is 1. The Morgan fingerprint density at radius 2 is 1.93 bits per heavy atom. The summed E-state index contributed by atoms with van der Waals surface area (Å²) in [7, 11) is 1.64. The molecule has 152 valence electrons. The zero-order chi connectivity index (χ0) is 20.3. The van der Waals surface area contributed by atoms with E-state index in [0.29, 0.717) is 44.2 Å². The molecule has 1 aromatic heterocycles. The lowest BCUT2D eigenvalue weighted by Crippen LogP contribution is -2.48. The molecule has 1 amide bonds. The van der Waals surface area contributed by atoms with Crippen LogP contribution >= 0.6 is 11.6 Å². The van der Waals surface area contributed by atoms with Crippen molar-refractivity contribution < 1.29 is 14.3 Å². The summed E-state index contributed by atoms with van der Waals surface area (Å²) in [6.07, 6.45) is 3.38. The second-order valence-electron chi connectivity index (χ2n) is 7.39. The monoisotopic (exact) mass is 412 g/mol. The minimum Gasteiger partial charge on any atom is -0.497 e. The van der Waals surface area contributed by atoms with Crippen molar-refractivity contribution in [3.8, 4) is 5.75 Å². The Hall–Kier alpha value is -2.50. The van der Waals surface area contributed by atoms with Gasteiger partial charge < -0.3 is 19.4 Å². The standard InChI is InChI=1S/C23H25ClN2O3/c1-28-20-6-3-18(4-7-20)23(9-14-29-15-10-23)22(27)25-11-13-26-12-8-17-2-5-19(24)16-21(17)26/h2-8,12,16H,9-11,13-15H2,1H3,(H,25,27). The number of amides is 1. The first-order valence-corrected chi connectivity index (χ1v) is 10.3.